The maximum atomic E-state index is 12.3. The highest BCUT2D eigenvalue weighted by Gasteiger charge is 2.63. The molecule has 0 spiro atoms. The second-order valence-electron chi connectivity index (χ2n) is 2.62. The minimum Gasteiger partial charge on any atom is -0.480 e. The molecule has 6 heteroatoms. The van der Waals surface area contributed by atoms with Gasteiger partial charge < -0.3 is 5.11 Å². The second-order valence-corrected chi connectivity index (χ2v) is 2.62. The Morgan fingerprint density at radius 2 is 1.69 bits per heavy atom. The molecule has 0 heterocycles. The number of carboxylic acids is 1. The van der Waals surface area contributed by atoms with Crippen LogP contribution in [0.2, 0.25) is 0 Å². The number of rotatable bonds is 3. The predicted octanol–water partition coefficient (Wildman–Crippen LogP) is 1.62. The molecular weight excluding hydrogens is 189 g/mol. The first-order chi connectivity index (χ1) is 5.70. The number of hydrogen-bond donors (Lipinski definition) is 1. The molecule has 0 radical (unpaired) electrons. The molecule has 0 aliphatic carbocycles. The number of aliphatic carboxylic acids is 1. The summed E-state index contributed by atoms with van der Waals surface area (Å²) in [6, 6.07) is 0. The maximum Gasteiger partial charge on any atom is 0.411 e. The molecule has 13 heavy (non-hydrogen) atoms. The van der Waals surface area contributed by atoms with Crippen LogP contribution in [0.1, 0.15) is 20.3 Å². The number of hydrogen-bond acceptors (Lipinski definition) is 2. The summed E-state index contributed by atoms with van der Waals surface area (Å²) in [6.07, 6.45) is -5.83. The number of carboxylic acid groups (broad SMARTS) is 1. The third-order valence-corrected chi connectivity index (χ3v) is 1.98. The number of alkyl halides is 3. The molecule has 0 aromatic carbocycles. The number of carbonyl (C=O) groups is 2. The lowest BCUT2D eigenvalue weighted by Gasteiger charge is -2.27. The van der Waals surface area contributed by atoms with Gasteiger partial charge in [-0.05, 0) is 13.3 Å². The number of Topliss-reactive ketones (excluding diaryl/α,β-unsaturated/α-hetero) is 1. The fourth-order valence-corrected chi connectivity index (χ4v) is 1.07. The zero-order chi connectivity index (χ0) is 10.9. The quantitative estimate of drug-likeness (QED) is 0.701. The highest BCUT2D eigenvalue weighted by Crippen LogP contribution is 2.42. The van der Waals surface area contributed by atoms with Crippen molar-refractivity contribution in [2.75, 3.05) is 0 Å². The van der Waals surface area contributed by atoms with E-state index in [-0.39, 0.29) is 0 Å². The molecule has 1 N–H and O–H groups in total. The smallest absolute Gasteiger partial charge is 0.411 e. The Balaban J connectivity index is 5.38. The minimum atomic E-state index is -5.04. The van der Waals surface area contributed by atoms with Gasteiger partial charge in [0.2, 0.25) is 5.41 Å². The van der Waals surface area contributed by atoms with E-state index in [1.54, 1.807) is 0 Å². The lowest BCUT2D eigenvalue weighted by molar-refractivity contribution is -0.227. The van der Waals surface area contributed by atoms with Crippen molar-refractivity contribution in [3.05, 3.63) is 0 Å². The van der Waals surface area contributed by atoms with Crippen molar-refractivity contribution in [2.24, 2.45) is 5.41 Å². The van der Waals surface area contributed by atoms with Gasteiger partial charge in [0, 0.05) is 0 Å². The van der Waals surface area contributed by atoms with Crippen LogP contribution >= 0.6 is 0 Å². The van der Waals surface area contributed by atoms with E-state index in [0.717, 1.165) is 6.92 Å². The van der Waals surface area contributed by atoms with Crippen LogP contribution in [-0.4, -0.2) is 23.0 Å². The van der Waals surface area contributed by atoms with Crippen molar-refractivity contribution < 1.29 is 27.9 Å². The summed E-state index contributed by atoms with van der Waals surface area (Å²) in [6.45, 7) is 1.65. The van der Waals surface area contributed by atoms with Crippen LogP contribution in [0.3, 0.4) is 0 Å². The summed E-state index contributed by atoms with van der Waals surface area (Å²) in [5, 5.41) is 8.39. The van der Waals surface area contributed by atoms with Crippen LogP contribution in [0.4, 0.5) is 13.2 Å². The minimum absolute atomic E-state index is 0.630. The molecule has 0 aliphatic heterocycles. The van der Waals surface area contributed by atoms with Gasteiger partial charge in [-0.15, -0.1) is 0 Å². The molecule has 1 atom stereocenters. The predicted molar refractivity (Wildman–Crippen MR) is 37.1 cm³/mol. The second kappa shape index (κ2) is 3.35. The molecule has 0 amide bonds. The van der Waals surface area contributed by atoms with Crippen molar-refractivity contribution in [1.29, 1.82) is 0 Å². The summed E-state index contributed by atoms with van der Waals surface area (Å²) in [7, 11) is 0. The summed E-state index contributed by atoms with van der Waals surface area (Å²) in [4.78, 5) is 21.1. The van der Waals surface area contributed by atoms with E-state index in [1.165, 1.54) is 0 Å². The maximum absolute atomic E-state index is 12.3. The van der Waals surface area contributed by atoms with E-state index in [9.17, 15) is 22.8 Å². The van der Waals surface area contributed by atoms with E-state index < -0.39 is 29.8 Å². The van der Waals surface area contributed by atoms with Crippen molar-refractivity contribution in [2.45, 2.75) is 26.4 Å². The lowest BCUT2D eigenvalue weighted by Crippen LogP contribution is -2.49. The standard InChI is InChI=1S/C7H9F3O3/c1-3-6(4(2)11,5(12)13)7(8,9)10/h3H2,1-2H3,(H,12,13). The van der Waals surface area contributed by atoms with Gasteiger partial charge in [-0.3, -0.25) is 9.59 Å². The Morgan fingerprint density at radius 1 is 1.31 bits per heavy atom. The Morgan fingerprint density at radius 3 is 1.69 bits per heavy atom. The Labute approximate surface area is 72.5 Å². The van der Waals surface area contributed by atoms with Crippen molar-refractivity contribution in [3.63, 3.8) is 0 Å². The molecule has 0 bridgehead atoms. The zero-order valence-corrected chi connectivity index (χ0v) is 7.10. The van der Waals surface area contributed by atoms with E-state index in [0.29, 0.717) is 6.92 Å². The highest BCUT2D eigenvalue weighted by molar-refractivity contribution is 6.02. The molecule has 0 fully saturated rings. The first-order valence-corrected chi connectivity index (χ1v) is 3.51. The van der Waals surface area contributed by atoms with Crippen LogP contribution in [-0.2, 0) is 9.59 Å². The first-order valence-electron chi connectivity index (χ1n) is 3.51. The SMILES string of the molecule is CCC(C(C)=O)(C(=O)O)C(F)(F)F. The molecule has 0 saturated heterocycles. The Kier molecular flexibility index (Phi) is 3.08. The topological polar surface area (TPSA) is 54.4 Å². The fourth-order valence-electron chi connectivity index (χ4n) is 1.07. The number of ketones is 1. The third kappa shape index (κ3) is 1.66. The van der Waals surface area contributed by atoms with Crippen molar-refractivity contribution in [1.82, 2.24) is 0 Å². The Bertz CT molecular complexity index is 218. The summed E-state index contributed by atoms with van der Waals surface area (Å²) >= 11 is 0. The molecule has 76 valence electrons. The summed E-state index contributed by atoms with van der Waals surface area (Å²) in [5.41, 5.74) is -3.24. The number of carbonyl (C=O) groups excluding carboxylic acids is 1. The molecular formula is C7H9F3O3. The Hall–Kier alpha value is -1.07. The van der Waals surface area contributed by atoms with Gasteiger partial charge in [0.1, 0.15) is 0 Å². The number of halogens is 3. The van der Waals surface area contributed by atoms with Gasteiger partial charge in [-0.25, -0.2) is 0 Å². The van der Waals surface area contributed by atoms with Crippen LogP contribution < -0.4 is 0 Å². The molecule has 0 saturated carbocycles. The normalized spacial score (nSPS) is 16.4. The largest absolute Gasteiger partial charge is 0.480 e. The van der Waals surface area contributed by atoms with Gasteiger partial charge in [0.05, 0.1) is 0 Å². The van der Waals surface area contributed by atoms with Crippen LogP contribution in [0.5, 0.6) is 0 Å². The molecule has 0 aliphatic rings. The average Bonchev–Trinajstić information content (AvgIpc) is 1.83. The van der Waals surface area contributed by atoms with Gasteiger partial charge in [0.15, 0.2) is 5.78 Å². The van der Waals surface area contributed by atoms with Gasteiger partial charge in [-0.1, -0.05) is 6.92 Å². The molecule has 1 unspecified atom stereocenters. The van der Waals surface area contributed by atoms with Crippen LogP contribution in [0, 0.1) is 5.41 Å². The van der Waals surface area contributed by atoms with Gasteiger partial charge >= 0.3 is 12.1 Å². The third-order valence-electron chi connectivity index (χ3n) is 1.98. The van der Waals surface area contributed by atoms with Crippen LogP contribution in [0.25, 0.3) is 0 Å². The van der Waals surface area contributed by atoms with E-state index in [2.05, 4.69) is 0 Å². The first kappa shape index (κ1) is 11.9. The molecule has 3 nitrogen and oxygen atoms in total. The van der Waals surface area contributed by atoms with Gasteiger partial charge in [-0.2, -0.15) is 13.2 Å². The summed E-state index contributed by atoms with van der Waals surface area (Å²) in [5.74, 6) is -3.54. The monoisotopic (exact) mass is 198 g/mol. The van der Waals surface area contributed by atoms with Crippen molar-refractivity contribution >= 4 is 11.8 Å². The molecule has 0 aromatic heterocycles. The van der Waals surface area contributed by atoms with E-state index in [1.807, 2.05) is 0 Å². The van der Waals surface area contributed by atoms with Crippen molar-refractivity contribution in [3.8, 4) is 0 Å². The van der Waals surface area contributed by atoms with Gasteiger partial charge in [0.25, 0.3) is 0 Å². The van der Waals surface area contributed by atoms with E-state index >= 15 is 0 Å². The van der Waals surface area contributed by atoms with E-state index in [4.69, 9.17) is 5.11 Å². The highest BCUT2D eigenvalue weighted by atomic mass is 19.4. The summed E-state index contributed by atoms with van der Waals surface area (Å²) < 4.78 is 36.8. The fraction of sp³-hybridized carbons (Fsp3) is 0.714. The van der Waals surface area contributed by atoms with Crippen LogP contribution in [0.15, 0.2) is 0 Å². The zero-order valence-electron chi connectivity index (χ0n) is 7.10. The average molecular weight is 198 g/mol. The lowest BCUT2D eigenvalue weighted by atomic mass is 9.80. The molecule has 0 aromatic rings. The molecule has 0 rings (SSSR count).